The molecule has 44 heavy (non-hydrogen) atoms. The Morgan fingerprint density at radius 3 is 1.84 bits per heavy atom. The molecule has 0 aliphatic heterocycles. The van der Waals surface area contributed by atoms with Gasteiger partial charge in [-0.15, -0.1) is 23.1 Å². The van der Waals surface area contributed by atoms with Crippen molar-refractivity contribution < 1.29 is 32.0 Å². The molecule has 0 spiro atoms. The minimum atomic E-state index is -2.76. The van der Waals surface area contributed by atoms with Crippen LogP contribution in [0.15, 0.2) is 95.2 Å². The number of hydrogen-bond donors (Lipinski definition) is 2. The van der Waals surface area contributed by atoms with Crippen LogP contribution in [-0.2, 0) is 0 Å². The highest BCUT2D eigenvalue weighted by Gasteiger charge is 2.31. The molecule has 0 fully saturated rings. The SMILES string of the molecule is CCSc1ccc(-c2csc(-c3ccc4ccc5cccc6ccc3c4c56)c2)cc1.OB(O)c1c(F)c(F)c(F)c(F)c1F. The third-order valence-corrected chi connectivity index (χ3v) is 9.25. The van der Waals surface area contributed by atoms with Crippen LogP contribution in [0.5, 0.6) is 0 Å². The maximum Gasteiger partial charge on any atom is 0.494 e. The Bertz CT molecular complexity index is 2090. The van der Waals surface area contributed by atoms with Gasteiger partial charge < -0.3 is 10.0 Å². The minimum Gasteiger partial charge on any atom is -0.423 e. The molecule has 0 atom stereocenters. The molecule has 7 aromatic rings. The molecule has 0 unspecified atom stereocenters. The lowest BCUT2D eigenvalue weighted by atomic mass is 9.79. The van der Waals surface area contributed by atoms with Crippen molar-refractivity contribution in [3.63, 3.8) is 0 Å². The second-order valence-corrected chi connectivity index (χ2v) is 12.2. The molecule has 2 N–H and O–H groups in total. The topological polar surface area (TPSA) is 40.5 Å². The maximum atomic E-state index is 12.6. The summed E-state index contributed by atoms with van der Waals surface area (Å²) < 4.78 is 62.4. The summed E-state index contributed by atoms with van der Waals surface area (Å²) in [6.45, 7) is 2.19. The number of thioether (sulfide) groups is 1. The molecule has 7 rings (SSSR count). The molecule has 220 valence electrons. The lowest BCUT2D eigenvalue weighted by Crippen LogP contribution is -2.38. The zero-order valence-corrected chi connectivity index (χ0v) is 24.7. The van der Waals surface area contributed by atoms with Crippen molar-refractivity contribution in [3.8, 4) is 21.6 Å². The lowest BCUT2D eigenvalue weighted by molar-refractivity contribution is 0.373. The Morgan fingerprint density at radius 2 is 1.23 bits per heavy atom. The highest BCUT2D eigenvalue weighted by atomic mass is 32.2. The molecule has 6 aromatic carbocycles. The van der Waals surface area contributed by atoms with Crippen molar-refractivity contribution in [3.05, 3.63) is 119 Å². The number of thiophene rings is 1. The molecular weight excluding hydrogens is 610 g/mol. The first-order valence-corrected chi connectivity index (χ1v) is 15.4. The quantitative estimate of drug-likeness (QED) is 0.0497. The number of halogens is 5. The number of hydrogen-bond acceptors (Lipinski definition) is 4. The van der Waals surface area contributed by atoms with Gasteiger partial charge in [0.25, 0.3) is 0 Å². The van der Waals surface area contributed by atoms with Gasteiger partial charge >= 0.3 is 7.12 Å². The largest absolute Gasteiger partial charge is 0.494 e. The summed E-state index contributed by atoms with van der Waals surface area (Å²) in [5.41, 5.74) is 2.25. The molecule has 1 heterocycles. The summed E-state index contributed by atoms with van der Waals surface area (Å²) in [7, 11) is -2.76. The van der Waals surface area contributed by atoms with E-state index in [0.717, 1.165) is 5.75 Å². The monoisotopic (exact) mass is 632 g/mol. The average Bonchev–Trinajstić information content (AvgIpc) is 3.52. The molecule has 10 heteroatoms. The van der Waals surface area contributed by atoms with Gasteiger partial charge in [0, 0.05) is 9.77 Å². The predicted molar refractivity (Wildman–Crippen MR) is 171 cm³/mol. The van der Waals surface area contributed by atoms with Gasteiger partial charge in [0.15, 0.2) is 29.1 Å². The van der Waals surface area contributed by atoms with Crippen molar-refractivity contribution in [1.29, 1.82) is 0 Å². The second kappa shape index (κ2) is 12.2. The van der Waals surface area contributed by atoms with Crippen LogP contribution >= 0.6 is 23.1 Å². The van der Waals surface area contributed by atoms with Crippen LogP contribution < -0.4 is 5.46 Å². The summed E-state index contributed by atoms with van der Waals surface area (Å²) in [5, 5.41) is 27.1. The van der Waals surface area contributed by atoms with Crippen LogP contribution in [0.4, 0.5) is 22.0 Å². The molecule has 0 aliphatic rings. The molecule has 0 saturated heterocycles. The van der Waals surface area contributed by atoms with E-state index < -0.39 is 41.7 Å². The molecule has 0 bridgehead atoms. The Hall–Kier alpha value is -3.96. The van der Waals surface area contributed by atoms with Crippen LogP contribution in [0, 0.1) is 29.1 Å². The summed E-state index contributed by atoms with van der Waals surface area (Å²) in [5.74, 6) is -10.2. The van der Waals surface area contributed by atoms with E-state index in [1.54, 1.807) is 0 Å². The highest BCUT2D eigenvalue weighted by molar-refractivity contribution is 7.99. The Labute approximate surface area is 257 Å². The number of rotatable bonds is 5. The third-order valence-electron chi connectivity index (χ3n) is 7.39. The Kier molecular flexibility index (Phi) is 8.35. The van der Waals surface area contributed by atoms with Crippen molar-refractivity contribution in [2.45, 2.75) is 11.8 Å². The van der Waals surface area contributed by atoms with E-state index in [9.17, 15) is 22.0 Å². The maximum absolute atomic E-state index is 12.6. The molecule has 0 saturated carbocycles. The molecule has 0 amide bonds. The normalized spacial score (nSPS) is 11.4. The predicted octanol–water partition coefficient (Wildman–Crippen LogP) is 9.15. The fraction of sp³-hybridized carbons (Fsp3) is 0.0588. The van der Waals surface area contributed by atoms with E-state index in [4.69, 9.17) is 10.0 Å². The molecule has 0 aliphatic carbocycles. The zero-order valence-electron chi connectivity index (χ0n) is 23.0. The van der Waals surface area contributed by atoms with Gasteiger partial charge in [-0.05, 0) is 78.3 Å². The Morgan fingerprint density at radius 1 is 0.659 bits per heavy atom. The van der Waals surface area contributed by atoms with E-state index >= 15 is 0 Å². The summed E-state index contributed by atoms with van der Waals surface area (Å²) in [6.07, 6.45) is 0. The van der Waals surface area contributed by atoms with E-state index in [1.165, 1.54) is 58.8 Å². The smallest absolute Gasteiger partial charge is 0.423 e. The minimum absolute atomic E-state index is 1.11. The van der Waals surface area contributed by atoms with Crippen LogP contribution in [0.25, 0.3) is 53.9 Å². The summed E-state index contributed by atoms with van der Waals surface area (Å²) >= 11 is 3.73. The van der Waals surface area contributed by atoms with Crippen LogP contribution in [0.3, 0.4) is 0 Å². The second-order valence-electron chi connectivity index (χ2n) is 9.98. The van der Waals surface area contributed by atoms with Crippen molar-refractivity contribution >= 4 is 68.0 Å². The molecule has 0 radical (unpaired) electrons. The average molecular weight is 632 g/mol. The molecule has 2 nitrogen and oxygen atoms in total. The fourth-order valence-corrected chi connectivity index (χ4v) is 6.96. The van der Waals surface area contributed by atoms with Gasteiger partial charge in [0.2, 0.25) is 0 Å². The van der Waals surface area contributed by atoms with Crippen molar-refractivity contribution in [2.24, 2.45) is 0 Å². The van der Waals surface area contributed by atoms with E-state index in [-0.39, 0.29) is 0 Å². The van der Waals surface area contributed by atoms with E-state index in [1.807, 2.05) is 23.1 Å². The van der Waals surface area contributed by atoms with Crippen molar-refractivity contribution in [2.75, 3.05) is 5.75 Å². The summed E-state index contributed by atoms with van der Waals surface area (Å²) in [4.78, 5) is 2.67. The van der Waals surface area contributed by atoms with E-state index in [2.05, 4.69) is 97.2 Å². The summed E-state index contributed by atoms with van der Waals surface area (Å²) in [6, 6.07) is 31.5. The number of benzene rings is 6. The van der Waals surface area contributed by atoms with Gasteiger partial charge in [0.1, 0.15) is 0 Å². The first-order chi connectivity index (χ1) is 21.2. The van der Waals surface area contributed by atoms with Gasteiger partial charge in [-0.25, -0.2) is 22.0 Å². The lowest BCUT2D eigenvalue weighted by Gasteiger charge is -2.13. The van der Waals surface area contributed by atoms with Crippen LogP contribution in [-0.4, -0.2) is 22.9 Å². The molecular formula is C34H22BF5O2S2. The zero-order chi connectivity index (χ0) is 31.1. The first-order valence-electron chi connectivity index (χ1n) is 13.6. The van der Waals surface area contributed by atoms with Gasteiger partial charge in [-0.1, -0.05) is 73.7 Å². The third kappa shape index (κ3) is 5.32. The first kappa shape index (κ1) is 30.1. The van der Waals surface area contributed by atoms with E-state index in [0.29, 0.717) is 0 Å². The highest BCUT2D eigenvalue weighted by Crippen LogP contribution is 2.42. The van der Waals surface area contributed by atoms with Gasteiger partial charge in [-0.2, -0.15) is 0 Å². The van der Waals surface area contributed by atoms with Crippen LogP contribution in [0.1, 0.15) is 6.92 Å². The standard InChI is InChI=1S/C28H20S2.C6H2BF5O2/c1-2-29-23-12-8-18(9-13-23)22-16-26(30-17-22)24-14-10-21-7-6-19-4-3-5-20-11-15-25(24)28(21)27(19)20;8-2-1(7(13)14)3(9)5(11)6(12)4(2)10/h3-17H,2H2,1H3;13-14H. The fourth-order valence-electron chi connectivity index (χ4n) is 5.34. The molecule has 1 aromatic heterocycles. The van der Waals surface area contributed by atoms with Gasteiger partial charge in [0.05, 0.1) is 5.46 Å². The Balaban J connectivity index is 0.000000208. The van der Waals surface area contributed by atoms with Crippen LogP contribution in [0.2, 0.25) is 0 Å². The van der Waals surface area contributed by atoms with Crippen molar-refractivity contribution in [1.82, 2.24) is 0 Å². The van der Waals surface area contributed by atoms with Gasteiger partial charge in [-0.3, -0.25) is 0 Å².